The minimum Gasteiger partial charge on any atom is -0.261 e. The van der Waals surface area contributed by atoms with Crippen LogP contribution in [-0.2, 0) is 0 Å². The van der Waals surface area contributed by atoms with E-state index in [9.17, 15) is 0 Å². The fourth-order valence-corrected chi connectivity index (χ4v) is 1.70. The van der Waals surface area contributed by atoms with Crippen molar-refractivity contribution >= 4 is 0 Å². The van der Waals surface area contributed by atoms with Gasteiger partial charge >= 0.3 is 0 Å². The van der Waals surface area contributed by atoms with Crippen LogP contribution in [-0.4, -0.2) is 9.97 Å². The molecule has 3 rings (SSSR count). The maximum atomic E-state index is 4.64. The first-order valence-electron chi connectivity index (χ1n) is 5.31. The Hall–Kier alpha value is -1.70. The van der Waals surface area contributed by atoms with Crippen molar-refractivity contribution in [1.29, 1.82) is 0 Å². The topological polar surface area (TPSA) is 25.8 Å². The highest BCUT2D eigenvalue weighted by atomic mass is 14.8. The third kappa shape index (κ3) is 1.75. The van der Waals surface area contributed by atoms with Gasteiger partial charge in [0, 0.05) is 17.7 Å². The molecule has 1 saturated carbocycles. The highest BCUT2D eigenvalue weighted by molar-refractivity contribution is 5.57. The van der Waals surface area contributed by atoms with Gasteiger partial charge in [0.1, 0.15) is 0 Å². The fourth-order valence-electron chi connectivity index (χ4n) is 1.70. The summed E-state index contributed by atoms with van der Waals surface area (Å²) in [5.41, 5.74) is 3.28. The first-order chi connectivity index (χ1) is 7.43. The van der Waals surface area contributed by atoms with Gasteiger partial charge in [-0.2, -0.15) is 0 Å². The molecule has 0 N–H and O–H groups in total. The average molecular weight is 196 g/mol. The Morgan fingerprint density at radius 2 is 1.80 bits per heavy atom. The summed E-state index contributed by atoms with van der Waals surface area (Å²) in [4.78, 5) is 8.90. The summed E-state index contributed by atoms with van der Waals surface area (Å²) in [6, 6.07) is 10.2. The van der Waals surface area contributed by atoms with Crippen LogP contribution in [0.15, 0.2) is 42.7 Å². The molecule has 1 aromatic carbocycles. The average Bonchev–Trinajstić information content (AvgIpc) is 3.14. The van der Waals surface area contributed by atoms with Gasteiger partial charge in [-0.3, -0.25) is 4.98 Å². The van der Waals surface area contributed by atoms with E-state index in [1.807, 2.05) is 30.6 Å². The van der Waals surface area contributed by atoms with Crippen LogP contribution in [0.1, 0.15) is 24.5 Å². The lowest BCUT2D eigenvalue weighted by Gasteiger charge is -2.02. The largest absolute Gasteiger partial charge is 0.261 e. The molecule has 0 spiro atoms. The number of hydrogen-bond donors (Lipinski definition) is 0. The van der Waals surface area contributed by atoms with E-state index in [1.54, 1.807) is 0 Å². The van der Waals surface area contributed by atoms with Crippen LogP contribution < -0.4 is 0 Å². The number of aromatic nitrogens is 2. The fraction of sp³-hybridized carbons (Fsp3) is 0.231. The van der Waals surface area contributed by atoms with Gasteiger partial charge in [-0.1, -0.05) is 30.3 Å². The van der Waals surface area contributed by atoms with Gasteiger partial charge in [-0.05, 0) is 12.8 Å². The minimum atomic E-state index is 0.668. The maximum absolute atomic E-state index is 4.64. The quantitative estimate of drug-likeness (QED) is 0.737. The summed E-state index contributed by atoms with van der Waals surface area (Å²) in [6.45, 7) is 0. The molecule has 0 radical (unpaired) electrons. The van der Waals surface area contributed by atoms with Crippen molar-refractivity contribution in [1.82, 2.24) is 9.97 Å². The van der Waals surface area contributed by atoms with E-state index in [2.05, 4.69) is 22.1 Å². The molecule has 1 fully saturated rings. The molecule has 2 aromatic rings. The number of rotatable bonds is 2. The Morgan fingerprint density at radius 3 is 2.53 bits per heavy atom. The maximum Gasteiger partial charge on any atom is 0.0888 e. The summed E-state index contributed by atoms with van der Waals surface area (Å²) in [5, 5.41) is 0. The van der Waals surface area contributed by atoms with Gasteiger partial charge in [0.25, 0.3) is 0 Å². The summed E-state index contributed by atoms with van der Waals surface area (Å²) in [6.07, 6.45) is 6.27. The minimum absolute atomic E-state index is 0.668. The molecule has 1 aliphatic rings. The standard InChI is InChI=1S/C13H12N2/c1-2-4-10(5-3-1)12-8-14-9-13(15-12)11-6-7-11/h1-5,8-9,11H,6-7H2. The van der Waals surface area contributed by atoms with Crippen LogP contribution >= 0.6 is 0 Å². The molecule has 2 heteroatoms. The normalized spacial score (nSPS) is 15.2. The SMILES string of the molecule is c1ccc(-c2cncc(C3CC3)n2)cc1. The Kier molecular flexibility index (Phi) is 1.98. The molecule has 0 atom stereocenters. The Balaban J connectivity index is 2.01. The third-order valence-corrected chi connectivity index (χ3v) is 2.72. The Morgan fingerprint density at radius 1 is 1.00 bits per heavy atom. The molecule has 15 heavy (non-hydrogen) atoms. The van der Waals surface area contributed by atoms with E-state index in [1.165, 1.54) is 12.8 Å². The highest BCUT2D eigenvalue weighted by Crippen LogP contribution is 2.39. The van der Waals surface area contributed by atoms with Crippen LogP contribution in [0.2, 0.25) is 0 Å². The van der Waals surface area contributed by atoms with E-state index >= 15 is 0 Å². The zero-order valence-corrected chi connectivity index (χ0v) is 8.43. The van der Waals surface area contributed by atoms with Gasteiger partial charge < -0.3 is 0 Å². The van der Waals surface area contributed by atoms with E-state index in [-0.39, 0.29) is 0 Å². The molecule has 0 unspecified atom stereocenters. The van der Waals surface area contributed by atoms with Crippen molar-refractivity contribution in [2.75, 3.05) is 0 Å². The molecule has 0 bridgehead atoms. The zero-order valence-electron chi connectivity index (χ0n) is 8.43. The van der Waals surface area contributed by atoms with Gasteiger partial charge in [-0.15, -0.1) is 0 Å². The van der Waals surface area contributed by atoms with Crippen LogP contribution in [0.25, 0.3) is 11.3 Å². The molecule has 0 saturated heterocycles. The van der Waals surface area contributed by atoms with Crippen molar-refractivity contribution in [3.05, 3.63) is 48.4 Å². The molecular formula is C13H12N2. The molecular weight excluding hydrogens is 184 g/mol. The van der Waals surface area contributed by atoms with E-state index < -0.39 is 0 Å². The van der Waals surface area contributed by atoms with Crippen LogP contribution in [0.3, 0.4) is 0 Å². The summed E-state index contributed by atoms with van der Waals surface area (Å²) in [5.74, 6) is 0.668. The second-order valence-electron chi connectivity index (χ2n) is 3.97. The lowest BCUT2D eigenvalue weighted by Crippen LogP contribution is -1.91. The zero-order chi connectivity index (χ0) is 10.1. The smallest absolute Gasteiger partial charge is 0.0888 e. The molecule has 1 aliphatic carbocycles. The summed E-state index contributed by atoms with van der Waals surface area (Å²) >= 11 is 0. The second-order valence-corrected chi connectivity index (χ2v) is 3.97. The monoisotopic (exact) mass is 196 g/mol. The molecule has 0 amide bonds. The lowest BCUT2D eigenvalue weighted by atomic mass is 10.1. The molecule has 2 nitrogen and oxygen atoms in total. The van der Waals surface area contributed by atoms with Gasteiger partial charge in [-0.25, -0.2) is 4.98 Å². The highest BCUT2D eigenvalue weighted by Gasteiger charge is 2.25. The van der Waals surface area contributed by atoms with E-state index in [4.69, 9.17) is 0 Å². The first-order valence-corrected chi connectivity index (χ1v) is 5.31. The number of benzene rings is 1. The Bertz CT molecular complexity index is 461. The second kappa shape index (κ2) is 3.46. The van der Waals surface area contributed by atoms with Crippen molar-refractivity contribution in [3.8, 4) is 11.3 Å². The summed E-state index contributed by atoms with van der Waals surface area (Å²) in [7, 11) is 0. The van der Waals surface area contributed by atoms with Crippen molar-refractivity contribution in [3.63, 3.8) is 0 Å². The van der Waals surface area contributed by atoms with Crippen molar-refractivity contribution in [2.45, 2.75) is 18.8 Å². The van der Waals surface area contributed by atoms with Crippen LogP contribution in [0.4, 0.5) is 0 Å². The van der Waals surface area contributed by atoms with Crippen molar-refractivity contribution < 1.29 is 0 Å². The number of hydrogen-bond acceptors (Lipinski definition) is 2. The van der Waals surface area contributed by atoms with Gasteiger partial charge in [0.05, 0.1) is 17.6 Å². The summed E-state index contributed by atoms with van der Waals surface area (Å²) < 4.78 is 0. The first kappa shape index (κ1) is 8.60. The molecule has 1 heterocycles. The van der Waals surface area contributed by atoms with Crippen LogP contribution in [0, 0.1) is 0 Å². The van der Waals surface area contributed by atoms with E-state index in [0.29, 0.717) is 5.92 Å². The lowest BCUT2D eigenvalue weighted by molar-refractivity contribution is 0.992. The third-order valence-electron chi connectivity index (χ3n) is 2.72. The predicted molar refractivity (Wildman–Crippen MR) is 59.4 cm³/mol. The predicted octanol–water partition coefficient (Wildman–Crippen LogP) is 3.02. The molecule has 74 valence electrons. The van der Waals surface area contributed by atoms with Gasteiger partial charge in [0.2, 0.25) is 0 Å². The molecule has 0 aliphatic heterocycles. The van der Waals surface area contributed by atoms with Crippen LogP contribution in [0.5, 0.6) is 0 Å². The Labute approximate surface area is 89.0 Å². The van der Waals surface area contributed by atoms with E-state index in [0.717, 1.165) is 17.0 Å². The van der Waals surface area contributed by atoms with Gasteiger partial charge in [0.15, 0.2) is 0 Å². The van der Waals surface area contributed by atoms with Crippen molar-refractivity contribution in [2.24, 2.45) is 0 Å². The molecule has 1 aromatic heterocycles. The number of nitrogens with zero attached hydrogens (tertiary/aromatic N) is 2.